The highest BCUT2D eigenvalue weighted by atomic mass is 35.5. The maximum Gasteiger partial charge on any atom is 0.363 e. The number of benzene rings is 3. The number of methoxy groups -OCH3 is 1. The highest BCUT2D eigenvalue weighted by molar-refractivity contribution is 6.37. The van der Waals surface area contributed by atoms with Crippen LogP contribution < -0.4 is 9.47 Å². The average molecular weight is 468 g/mol. The first-order valence-corrected chi connectivity index (χ1v) is 10.1. The monoisotopic (exact) mass is 467 g/mol. The van der Waals surface area contributed by atoms with Gasteiger partial charge in [-0.25, -0.2) is 14.6 Å². The van der Waals surface area contributed by atoms with Gasteiger partial charge in [0, 0.05) is 10.6 Å². The highest BCUT2D eigenvalue weighted by Gasteiger charge is 2.26. The van der Waals surface area contributed by atoms with Crippen molar-refractivity contribution in [3.63, 3.8) is 0 Å². The highest BCUT2D eigenvalue weighted by Crippen LogP contribution is 2.28. The predicted octanol–water partition coefficient (Wildman–Crippen LogP) is 5.57. The Balaban J connectivity index is 1.61. The normalized spacial score (nSPS) is 14.2. The van der Waals surface area contributed by atoms with Crippen LogP contribution in [0.3, 0.4) is 0 Å². The summed E-state index contributed by atoms with van der Waals surface area (Å²) in [7, 11) is 1.54. The molecule has 4 rings (SSSR count). The van der Waals surface area contributed by atoms with Gasteiger partial charge in [0.1, 0.15) is 11.5 Å². The van der Waals surface area contributed by atoms with E-state index in [0.29, 0.717) is 32.5 Å². The van der Waals surface area contributed by atoms with Crippen molar-refractivity contribution in [1.29, 1.82) is 0 Å². The van der Waals surface area contributed by atoms with Crippen molar-refractivity contribution in [2.24, 2.45) is 4.99 Å². The first kappa shape index (κ1) is 21.6. The molecule has 0 atom stereocenters. The molecule has 1 heterocycles. The summed E-state index contributed by atoms with van der Waals surface area (Å²) >= 11 is 12.1. The summed E-state index contributed by atoms with van der Waals surface area (Å²) in [4.78, 5) is 29.2. The second-order valence-corrected chi connectivity index (χ2v) is 7.46. The van der Waals surface area contributed by atoms with Gasteiger partial charge < -0.3 is 14.2 Å². The van der Waals surface area contributed by atoms with Crippen LogP contribution in [0.4, 0.5) is 0 Å². The van der Waals surface area contributed by atoms with Crippen molar-refractivity contribution in [3.05, 3.63) is 99.2 Å². The van der Waals surface area contributed by atoms with E-state index in [4.69, 9.17) is 37.4 Å². The number of carbonyl (C=O) groups excluding carboxylic acids is 2. The van der Waals surface area contributed by atoms with Crippen molar-refractivity contribution < 1.29 is 23.8 Å². The van der Waals surface area contributed by atoms with E-state index in [-0.39, 0.29) is 17.3 Å². The molecule has 6 nitrogen and oxygen atoms in total. The molecule has 1 aliphatic heterocycles. The zero-order valence-electron chi connectivity index (χ0n) is 16.7. The number of hydrogen-bond acceptors (Lipinski definition) is 6. The van der Waals surface area contributed by atoms with Crippen LogP contribution in [0.5, 0.6) is 11.5 Å². The van der Waals surface area contributed by atoms with Crippen molar-refractivity contribution in [2.45, 2.75) is 0 Å². The third kappa shape index (κ3) is 4.66. The Labute approximate surface area is 193 Å². The Morgan fingerprint density at radius 3 is 2.50 bits per heavy atom. The summed E-state index contributed by atoms with van der Waals surface area (Å²) in [6.07, 6.45) is 1.48. The standard InChI is InChI=1S/C24H15Cl2NO5/c1-30-17-9-6-14(7-10-17)23(28)31-21-5-3-2-4-15(21)12-20-24(29)32-22(27-20)18-11-8-16(25)13-19(18)26/h2-13H,1H3/b20-12+. The van der Waals surface area contributed by atoms with E-state index in [1.807, 2.05) is 0 Å². The molecule has 0 radical (unpaired) electrons. The van der Waals surface area contributed by atoms with Crippen LogP contribution in [0.2, 0.25) is 10.0 Å². The summed E-state index contributed by atoms with van der Waals surface area (Å²) in [5, 5.41) is 0.756. The Bertz CT molecular complexity index is 1270. The van der Waals surface area contributed by atoms with E-state index in [2.05, 4.69) is 4.99 Å². The number of esters is 2. The molecule has 8 heteroatoms. The molecular formula is C24H15Cl2NO5. The molecule has 0 aliphatic carbocycles. The maximum absolute atomic E-state index is 12.5. The first-order chi connectivity index (χ1) is 15.4. The van der Waals surface area contributed by atoms with Crippen molar-refractivity contribution in [2.75, 3.05) is 7.11 Å². The molecule has 0 spiro atoms. The lowest BCUT2D eigenvalue weighted by Crippen LogP contribution is -2.09. The minimum atomic E-state index is -0.651. The Morgan fingerprint density at radius 2 is 1.78 bits per heavy atom. The fraction of sp³-hybridized carbons (Fsp3) is 0.0417. The van der Waals surface area contributed by atoms with Crippen molar-refractivity contribution in [3.8, 4) is 11.5 Å². The van der Waals surface area contributed by atoms with Crippen molar-refractivity contribution >= 4 is 47.1 Å². The van der Waals surface area contributed by atoms with Gasteiger partial charge in [-0.05, 0) is 54.6 Å². The molecule has 0 saturated carbocycles. The zero-order chi connectivity index (χ0) is 22.7. The molecule has 0 saturated heterocycles. The topological polar surface area (TPSA) is 74.2 Å². The fourth-order valence-electron chi connectivity index (χ4n) is 2.91. The largest absolute Gasteiger partial charge is 0.497 e. The van der Waals surface area contributed by atoms with E-state index in [1.165, 1.54) is 12.1 Å². The Hall–Kier alpha value is -3.61. The number of halogens is 2. The minimum absolute atomic E-state index is 0.0407. The second kappa shape index (κ2) is 9.26. The molecule has 160 valence electrons. The molecule has 3 aromatic carbocycles. The van der Waals surface area contributed by atoms with Gasteiger partial charge in [-0.15, -0.1) is 0 Å². The summed E-state index contributed by atoms with van der Waals surface area (Å²) in [6.45, 7) is 0. The Morgan fingerprint density at radius 1 is 1.03 bits per heavy atom. The zero-order valence-corrected chi connectivity index (χ0v) is 18.2. The number of para-hydroxylation sites is 1. The number of nitrogens with zero attached hydrogens (tertiary/aromatic N) is 1. The van der Waals surface area contributed by atoms with Crippen LogP contribution in [0, 0.1) is 0 Å². The molecule has 3 aromatic rings. The number of carbonyl (C=O) groups is 2. The maximum atomic E-state index is 12.5. The van der Waals surface area contributed by atoms with E-state index in [0.717, 1.165) is 0 Å². The van der Waals surface area contributed by atoms with E-state index >= 15 is 0 Å². The van der Waals surface area contributed by atoms with Gasteiger partial charge in [-0.1, -0.05) is 41.4 Å². The number of aliphatic imine (C=N–C) groups is 1. The molecule has 0 N–H and O–H groups in total. The van der Waals surface area contributed by atoms with Crippen LogP contribution in [0.1, 0.15) is 21.5 Å². The van der Waals surface area contributed by atoms with Crippen molar-refractivity contribution in [1.82, 2.24) is 0 Å². The molecule has 1 aliphatic rings. The number of rotatable bonds is 5. The molecule has 0 amide bonds. The number of ether oxygens (including phenoxy) is 3. The van der Waals surface area contributed by atoms with Gasteiger partial charge >= 0.3 is 11.9 Å². The average Bonchev–Trinajstić information content (AvgIpc) is 3.15. The number of cyclic esters (lactones) is 1. The fourth-order valence-corrected chi connectivity index (χ4v) is 3.40. The first-order valence-electron chi connectivity index (χ1n) is 9.38. The van der Waals surface area contributed by atoms with Gasteiger partial charge in [0.25, 0.3) is 0 Å². The minimum Gasteiger partial charge on any atom is -0.497 e. The predicted molar refractivity (Wildman–Crippen MR) is 121 cm³/mol. The van der Waals surface area contributed by atoms with E-state index in [1.54, 1.807) is 67.8 Å². The third-order valence-corrected chi connectivity index (χ3v) is 5.07. The summed E-state index contributed by atoms with van der Waals surface area (Å²) in [5.74, 6) is -0.245. The molecular weight excluding hydrogens is 453 g/mol. The van der Waals surface area contributed by atoms with Gasteiger partial charge in [0.05, 0.1) is 23.3 Å². The molecule has 0 aromatic heterocycles. The summed E-state index contributed by atoms with van der Waals surface area (Å²) in [5.41, 5.74) is 1.31. The molecule has 0 unspecified atom stereocenters. The second-order valence-electron chi connectivity index (χ2n) is 6.62. The number of hydrogen-bond donors (Lipinski definition) is 0. The lowest BCUT2D eigenvalue weighted by Gasteiger charge is -2.08. The van der Waals surface area contributed by atoms with Gasteiger partial charge in [0.2, 0.25) is 5.90 Å². The van der Waals surface area contributed by atoms with Crippen LogP contribution >= 0.6 is 23.2 Å². The van der Waals surface area contributed by atoms with Crippen LogP contribution in [-0.4, -0.2) is 24.9 Å². The van der Waals surface area contributed by atoms with Crippen LogP contribution in [0.25, 0.3) is 6.08 Å². The molecule has 0 fully saturated rings. The summed E-state index contributed by atoms with van der Waals surface area (Å²) < 4.78 is 15.9. The smallest absolute Gasteiger partial charge is 0.363 e. The quantitative estimate of drug-likeness (QED) is 0.278. The van der Waals surface area contributed by atoms with Gasteiger partial charge in [-0.2, -0.15) is 0 Å². The molecule has 0 bridgehead atoms. The lowest BCUT2D eigenvalue weighted by atomic mass is 10.1. The van der Waals surface area contributed by atoms with Crippen LogP contribution in [-0.2, 0) is 9.53 Å². The lowest BCUT2D eigenvalue weighted by molar-refractivity contribution is -0.129. The van der Waals surface area contributed by atoms with Gasteiger partial charge in [-0.3, -0.25) is 0 Å². The van der Waals surface area contributed by atoms with Gasteiger partial charge in [0.15, 0.2) is 5.70 Å². The SMILES string of the molecule is COc1ccc(C(=O)Oc2ccccc2/C=C2/N=C(c3ccc(Cl)cc3Cl)OC2=O)cc1. The van der Waals surface area contributed by atoms with Crippen LogP contribution in [0.15, 0.2) is 77.4 Å². The summed E-state index contributed by atoms with van der Waals surface area (Å²) in [6, 6.07) is 18.1. The van der Waals surface area contributed by atoms with E-state index in [9.17, 15) is 9.59 Å². The third-order valence-electron chi connectivity index (χ3n) is 4.52. The molecule has 32 heavy (non-hydrogen) atoms. The van der Waals surface area contributed by atoms with E-state index < -0.39 is 11.9 Å². The Kier molecular flexibility index (Phi) is 6.25.